The van der Waals surface area contributed by atoms with Crippen LogP contribution in [0.3, 0.4) is 0 Å². The van der Waals surface area contributed by atoms with E-state index in [2.05, 4.69) is 32.2 Å². The van der Waals surface area contributed by atoms with Crippen LogP contribution >= 0.6 is 0 Å². The minimum Gasteiger partial charge on any atom is -0.444 e. The van der Waals surface area contributed by atoms with Crippen molar-refractivity contribution in [1.29, 1.82) is 0 Å². The van der Waals surface area contributed by atoms with Crippen molar-refractivity contribution in [3.63, 3.8) is 0 Å². The summed E-state index contributed by atoms with van der Waals surface area (Å²) in [5.41, 5.74) is -0.531. The van der Waals surface area contributed by atoms with E-state index in [-0.39, 0.29) is 0 Å². The van der Waals surface area contributed by atoms with Gasteiger partial charge in [0.15, 0.2) is 11.6 Å². The number of carbonyl (C=O) groups is 1. The summed E-state index contributed by atoms with van der Waals surface area (Å²) in [5, 5.41) is 10.8. The van der Waals surface area contributed by atoms with Crippen LogP contribution in [0.15, 0.2) is 12.1 Å². The number of nitrogens with zero attached hydrogens (tertiary/aromatic N) is 4. The van der Waals surface area contributed by atoms with E-state index in [0.29, 0.717) is 5.82 Å². The monoisotopic (exact) mass is 307 g/mol. The lowest BCUT2D eigenvalue weighted by Crippen LogP contribution is -2.46. The summed E-state index contributed by atoms with van der Waals surface area (Å²) in [6, 6.07) is 3.62. The number of carbonyl (C=O) groups excluding carboxylic acids is 1. The molecule has 2 heterocycles. The van der Waals surface area contributed by atoms with Crippen molar-refractivity contribution >= 4 is 17.7 Å². The van der Waals surface area contributed by atoms with Crippen molar-refractivity contribution in [1.82, 2.24) is 15.1 Å². The predicted molar refractivity (Wildman–Crippen MR) is 86.2 cm³/mol. The van der Waals surface area contributed by atoms with Gasteiger partial charge in [0, 0.05) is 26.2 Å². The Morgan fingerprint density at radius 2 is 1.91 bits per heavy atom. The molecule has 1 aliphatic heterocycles. The van der Waals surface area contributed by atoms with Crippen LogP contribution in [0.25, 0.3) is 0 Å². The molecule has 1 aromatic rings. The second kappa shape index (κ2) is 6.91. The maximum absolute atomic E-state index is 11.7. The number of ether oxygens (including phenoxy) is 1. The minimum absolute atomic E-state index is 0.394. The Kier molecular flexibility index (Phi) is 5.18. The zero-order valence-electron chi connectivity index (χ0n) is 13.8. The van der Waals surface area contributed by atoms with Gasteiger partial charge >= 0.3 is 6.09 Å². The summed E-state index contributed by atoms with van der Waals surface area (Å²) in [7, 11) is 0. The predicted octanol–water partition coefficient (Wildman–Crippen LogP) is 1.97. The molecular weight excluding hydrogens is 282 g/mol. The fraction of sp³-hybridized carbons (Fsp3) is 0.667. The zero-order valence-corrected chi connectivity index (χ0v) is 13.8. The normalized spacial score (nSPS) is 16.5. The van der Waals surface area contributed by atoms with E-state index in [4.69, 9.17) is 4.74 Å². The third-order valence-corrected chi connectivity index (χ3v) is 3.42. The van der Waals surface area contributed by atoms with Crippen LogP contribution in [0.5, 0.6) is 0 Å². The van der Waals surface area contributed by atoms with Crippen LogP contribution < -0.4 is 10.2 Å². The molecule has 0 spiro atoms. The Bertz CT molecular complexity index is 490. The molecule has 7 nitrogen and oxygen atoms in total. The molecule has 122 valence electrons. The molecule has 2 rings (SSSR count). The molecular formula is C15H25N5O2. The summed E-state index contributed by atoms with van der Waals surface area (Å²) in [6.07, 6.45) is -0.522. The Labute approximate surface area is 131 Å². The topological polar surface area (TPSA) is 70.6 Å². The van der Waals surface area contributed by atoms with Gasteiger partial charge in [-0.15, -0.1) is 10.2 Å². The number of likely N-dealkylation sites (N-methyl/N-ethyl adjacent to an activating group) is 1. The van der Waals surface area contributed by atoms with Gasteiger partial charge in [-0.25, -0.2) is 4.79 Å². The third kappa shape index (κ3) is 4.84. The molecule has 0 radical (unpaired) electrons. The average Bonchev–Trinajstić information content (AvgIpc) is 2.46. The van der Waals surface area contributed by atoms with E-state index >= 15 is 0 Å². The molecule has 0 aliphatic carbocycles. The maximum atomic E-state index is 11.7. The van der Waals surface area contributed by atoms with Gasteiger partial charge in [0.2, 0.25) is 0 Å². The lowest BCUT2D eigenvalue weighted by Gasteiger charge is -2.34. The molecule has 1 amide bonds. The molecule has 0 unspecified atom stereocenters. The number of nitrogens with one attached hydrogen (secondary N) is 1. The second-order valence-electron chi connectivity index (χ2n) is 6.32. The molecule has 1 saturated heterocycles. The van der Waals surface area contributed by atoms with Gasteiger partial charge in [0.05, 0.1) is 0 Å². The fourth-order valence-electron chi connectivity index (χ4n) is 2.26. The van der Waals surface area contributed by atoms with Gasteiger partial charge in [-0.2, -0.15) is 0 Å². The van der Waals surface area contributed by atoms with Crippen LogP contribution in [0.4, 0.5) is 16.4 Å². The highest BCUT2D eigenvalue weighted by atomic mass is 16.6. The maximum Gasteiger partial charge on any atom is 0.413 e. The molecule has 1 N–H and O–H groups in total. The Morgan fingerprint density at radius 1 is 1.23 bits per heavy atom. The quantitative estimate of drug-likeness (QED) is 0.920. The molecule has 1 aliphatic rings. The highest BCUT2D eigenvalue weighted by Gasteiger charge is 2.18. The molecule has 0 atom stereocenters. The van der Waals surface area contributed by atoms with Crippen molar-refractivity contribution in [2.45, 2.75) is 33.3 Å². The SMILES string of the molecule is CCN1CCN(c2ccc(NC(=O)OC(C)(C)C)nn2)CC1. The van der Waals surface area contributed by atoms with Gasteiger partial charge in [0.25, 0.3) is 0 Å². The van der Waals surface area contributed by atoms with Crippen LogP contribution in [0.1, 0.15) is 27.7 Å². The lowest BCUT2D eigenvalue weighted by atomic mass is 10.2. The van der Waals surface area contributed by atoms with E-state index in [1.165, 1.54) is 0 Å². The van der Waals surface area contributed by atoms with Gasteiger partial charge in [0.1, 0.15) is 5.60 Å². The van der Waals surface area contributed by atoms with Crippen LogP contribution in [0, 0.1) is 0 Å². The first-order chi connectivity index (χ1) is 10.4. The number of aromatic nitrogens is 2. The molecule has 1 fully saturated rings. The molecule has 1 aromatic heterocycles. The molecule has 0 aromatic carbocycles. The lowest BCUT2D eigenvalue weighted by molar-refractivity contribution is 0.0635. The van der Waals surface area contributed by atoms with Gasteiger partial charge < -0.3 is 14.5 Å². The fourth-order valence-corrected chi connectivity index (χ4v) is 2.26. The summed E-state index contributed by atoms with van der Waals surface area (Å²) < 4.78 is 5.18. The summed E-state index contributed by atoms with van der Waals surface area (Å²) in [6.45, 7) is 12.7. The van der Waals surface area contributed by atoms with Gasteiger partial charge in [-0.05, 0) is 39.4 Å². The van der Waals surface area contributed by atoms with Gasteiger partial charge in [-0.1, -0.05) is 6.92 Å². The Hall–Kier alpha value is -1.89. The first kappa shape index (κ1) is 16.5. The van der Waals surface area contributed by atoms with Crippen molar-refractivity contribution in [2.75, 3.05) is 42.9 Å². The summed E-state index contributed by atoms with van der Waals surface area (Å²) in [4.78, 5) is 16.3. The van der Waals surface area contributed by atoms with E-state index in [9.17, 15) is 4.79 Å². The Morgan fingerprint density at radius 3 is 2.41 bits per heavy atom. The van der Waals surface area contributed by atoms with E-state index in [1.807, 2.05) is 26.8 Å². The largest absolute Gasteiger partial charge is 0.444 e. The van der Waals surface area contributed by atoms with E-state index in [0.717, 1.165) is 38.5 Å². The van der Waals surface area contributed by atoms with Gasteiger partial charge in [-0.3, -0.25) is 5.32 Å². The number of piperazine rings is 1. The number of amides is 1. The molecule has 0 bridgehead atoms. The first-order valence-electron chi connectivity index (χ1n) is 7.68. The number of hydrogen-bond donors (Lipinski definition) is 1. The molecule has 22 heavy (non-hydrogen) atoms. The second-order valence-corrected chi connectivity index (χ2v) is 6.32. The van der Waals surface area contributed by atoms with Crippen LogP contribution in [0.2, 0.25) is 0 Å². The molecule has 0 saturated carbocycles. The van der Waals surface area contributed by atoms with Crippen molar-refractivity contribution in [3.8, 4) is 0 Å². The molecule has 7 heteroatoms. The van der Waals surface area contributed by atoms with Crippen LogP contribution in [-0.4, -0.2) is 59.5 Å². The zero-order chi connectivity index (χ0) is 16.2. The summed E-state index contributed by atoms with van der Waals surface area (Å²) >= 11 is 0. The van der Waals surface area contributed by atoms with E-state index in [1.54, 1.807) is 6.07 Å². The smallest absolute Gasteiger partial charge is 0.413 e. The van der Waals surface area contributed by atoms with Crippen LogP contribution in [-0.2, 0) is 4.74 Å². The standard InChI is InChI=1S/C15H25N5O2/c1-5-19-8-10-20(11-9-19)13-7-6-12(17-18-13)16-14(21)22-15(2,3)4/h6-7H,5,8-11H2,1-4H3,(H,16,17,21). The average molecular weight is 307 g/mol. The number of hydrogen-bond acceptors (Lipinski definition) is 6. The first-order valence-corrected chi connectivity index (χ1v) is 7.68. The third-order valence-electron chi connectivity index (χ3n) is 3.42. The van der Waals surface area contributed by atoms with Crippen molar-refractivity contribution < 1.29 is 9.53 Å². The highest BCUT2D eigenvalue weighted by Crippen LogP contribution is 2.15. The Balaban J connectivity index is 1.89. The minimum atomic E-state index is -0.531. The summed E-state index contributed by atoms with van der Waals surface area (Å²) in [5.74, 6) is 1.23. The van der Waals surface area contributed by atoms with Crippen molar-refractivity contribution in [2.24, 2.45) is 0 Å². The van der Waals surface area contributed by atoms with Crippen molar-refractivity contribution in [3.05, 3.63) is 12.1 Å². The number of rotatable bonds is 3. The highest BCUT2D eigenvalue weighted by molar-refractivity contribution is 5.83. The van der Waals surface area contributed by atoms with E-state index < -0.39 is 11.7 Å². The number of anilines is 2.